The largest absolute Gasteiger partial charge is 0.350 e. The van der Waals surface area contributed by atoms with Crippen molar-refractivity contribution in [3.05, 3.63) is 18.5 Å². The van der Waals surface area contributed by atoms with Gasteiger partial charge in [0.1, 0.15) is 0 Å². The van der Waals surface area contributed by atoms with Gasteiger partial charge in [0.2, 0.25) is 5.95 Å². The molecule has 1 aliphatic rings. The highest BCUT2D eigenvalue weighted by atomic mass is 32.2. The van der Waals surface area contributed by atoms with Crippen LogP contribution in [0, 0.1) is 0 Å². The van der Waals surface area contributed by atoms with Gasteiger partial charge in [0.05, 0.1) is 0 Å². The van der Waals surface area contributed by atoms with Crippen LogP contribution in [0.5, 0.6) is 0 Å². The minimum atomic E-state index is 0.553. The molecule has 15 heavy (non-hydrogen) atoms. The molecule has 0 saturated heterocycles. The van der Waals surface area contributed by atoms with Gasteiger partial charge in [-0.3, -0.25) is 0 Å². The topological polar surface area (TPSA) is 37.8 Å². The smallest absolute Gasteiger partial charge is 0.222 e. The van der Waals surface area contributed by atoms with Gasteiger partial charge in [-0.1, -0.05) is 13.3 Å². The summed E-state index contributed by atoms with van der Waals surface area (Å²) in [5.74, 6) is 1.96. The molecule has 0 unspecified atom stereocenters. The molecule has 1 heterocycles. The van der Waals surface area contributed by atoms with Gasteiger partial charge < -0.3 is 5.32 Å². The van der Waals surface area contributed by atoms with E-state index in [-0.39, 0.29) is 0 Å². The van der Waals surface area contributed by atoms with E-state index in [9.17, 15) is 0 Å². The van der Waals surface area contributed by atoms with Gasteiger partial charge in [-0.15, -0.1) is 0 Å². The first kappa shape index (κ1) is 10.7. The molecule has 1 aromatic heterocycles. The van der Waals surface area contributed by atoms with Gasteiger partial charge in [-0.05, 0) is 24.7 Å². The van der Waals surface area contributed by atoms with Crippen molar-refractivity contribution in [2.24, 2.45) is 0 Å². The average Bonchev–Trinajstić information content (AvgIpc) is 2.68. The molecule has 1 aliphatic carbocycles. The molecular formula is C11H17N3S. The first-order valence-corrected chi connectivity index (χ1v) is 6.60. The highest BCUT2D eigenvalue weighted by Gasteiger charge is 2.27. The highest BCUT2D eigenvalue weighted by molar-refractivity contribution is 7.99. The molecule has 0 radical (unpaired) electrons. The molecule has 0 aliphatic heterocycles. The SMILES string of the molecule is CCS[C@@H]1CCC[C@@H]1Nc1ncccn1. The van der Waals surface area contributed by atoms with Gasteiger partial charge in [-0.25, -0.2) is 9.97 Å². The standard InChI is InChI=1S/C11H17N3S/c1-2-15-10-6-3-5-9(10)14-11-12-7-4-8-13-11/h4,7-10H,2-3,5-6H2,1H3,(H,12,13,14)/t9-,10+/m0/s1. The van der Waals surface area contributed by atoms with E-state index in [1.807, 2.05) is 17.8 Å². The number of anilines is 1. The van der Waals surface area contributed by atoms with E-state index in [0.29, 0.717) is 6.04 Å². The molecular weight excluding hydrogens is 206 g/mol. The van der Waals surface area contributed by atoms with E-state index in [2.05, 4.69) is 22.2 Å². The zero-order chi connectivity index (χ0) is 10.5. The van der Waals surface area contributed by atoms with E-state index >= 15 is 0 Å². The van der Waals surface area contributed by atoms with Crippen molar-refractivity contribution in [3.8, 4) is 0 Å². The Hall–Kier alpha value is -0.770. The molecule has 1 fully saturated rings. The van der Waals surface area contributed by atoms with Crippen LogP contribution in [0.1, 0.15) is 26.2 Å². The van der Waals surface area contributed by atoms with Gasteiger partial charge in [0.15, 0.2) is 0 Å². The van der Waals surface area contributed by atoms with Crippen LogP contribution in [0.3, 0.4) is 0 Å². The van der Waals surface area contributed by atoms with Crippen LogP contribution in [0.15, 0.2) is 18.5 Å². The Morgan fingerprint density at radius 2 is 2.20 bits per heavy atom. The zero-order valence-electron chi connectivity index (χ0n) is 9.02. The number of rotatable bonds is 4. The second-order valence-electron chi connectivity index (χ2n) is 3.75. The molecule has 1 saturated carbocycles. The van der Waals surface area contributed by atoms with E-state index in [1.165, 1.54) is 25.0 Å². The van der Waals surface area contributed by atoms with Crippen molar-refractivity contribution in [2.75, 3.05) is 11.1 Å². The van der Waals surface area contributed by atoms with Crippen molar-refractivity contribution in [2.45, 2.75) is 37.5 Å². The third-order valence-corrected chi connectivity index (χ3v) is 4.04. The number of nitrogens with zero attached hydrogens (tertiary/aromatic N) is 2. The summed E-state index contributed by atoms with van der Waals surface area (Å²) in [4.78, 5) is 8.41. The van der Waals surface area contributed by atoms with Crippen LogP contribution in [0.2, 0.25) is 0 Å². The fraction of sp³-hybridized carbons (Fsp3) is 0.636. The number of hydrogen-bond donors (Lipinski definition) is 1. The molecule has 4 heteroatoms. The monoisotopic (exact) mass is 223 g/mol. The van der Waals surface area contributed by atoms with Crippen LogP contribution < -0.4 is 5.32 Å². The Kier molecular flexibility index (Phi) is 3.83. The Labute approximate surface area is 95.1 Å². The average molecular weight is 223 g/mol. The Morgan fingerprint density at radius 1 is 1.40 bits per heavy atom. The minimum absolute atomic E-state index is 0.553. The van der Waals surface area contributed by atoms with Crippen molar-refractivity contribution in [3.63, 3.8) is 0 Å². The molecule has 1 aromatic rings. The fourth-order valence-electron chi connectivity index (χ4n) is 2.04. The quantitative estimate of drug-likeness (QED) is 0.851. The summed E-state index contributed by atoms with van der Waals surface area (Å²) in [5.41, 5.74) is 0. The normalized spacial score (nSPS) is 25.4. The zero-order valence-corrected chi connectivity index (χ0v) is 9.83. The lowest BCUT2D eigenvalue weighted by atomic mass is 10.2. The van der Waals surface area contributed by atoms with Crippen molar-refractivity contribution < 1.29 is 0 Å². The molecule has 0 spiro atoms. The summed E-state index contributed by atoms with van der Waals surface area (Å²) >= 11 is 2.05. The van der Waals surface area contributed by atoms with E-state index in [0.717, 1.165) is 11.2 Å². The van der Waals surface area contributed by atoms with E-state index < -0.39 is 0 Å². The third-order valence-electron chi connectivity index (χ3n) is 2.71. The van der Waals surface area contributed by atoms with Crippen molar-refractivity contribution >= 4 is 17.7 Å². The maximum Gasteiger partial charge on any atom is 0.222 e. The molecule has 2 rings (SSSR count). The number of thioether (sulfide) groups is 1. The number of nitrogens with one attached hydrogen (secondary N) is 1. The lowest BCUT2D eigenvalue weighted by molar-refractivity contribution is 0.755. The molecule has 0 aromatic carbocycles. The first-order valence-electron chi connectivity index (χ1n) is 5.55. The van der Waals surface area contributed by atoms with Crippen LogP contribution in [0.4, 0.5) is 5.95 Å². The van der Waals surface area contributed by atoms with Crippen molar-refractivity contribution in [1.29, 1.82) is 0 Å². The van der Waals surface area contributed by atoms with Gasteiger partial charge in [0, 0.05) is 23.7 Å². The van der Waals surface area contributed by atoms with E-state index in [1.54, 1.807) is 12.4 Å². The van der Waals surface area contributed by atoms with Crippen LogP contribution >= 0.6 is 11.8 Å². The number of hydrogen-bond acceptors (Lipinski definition) is 4. The summed E-state index contributed by atoms with van der Waals surface area (Å²) in [5, 5.41) is 4.17. The van der Waals surface area contributed by atoms with Gasteiger partial charge in [0.25, 0.3) is 0 Å². The molecule has 82 valence electrons. The second-order valence-corrected chi connectivity index (χ2v) is 5.26. The Balaban J connectivity index is 1.93. The highest BCUT2D eigenvalue weighted by Crippen LogP contribution is 2.31. The van der Waals surface area contributed by atoms with Crippen LogP contribution in [-0.4, -0.2) is 27.0 Å². The van der Waals surface area contributed by atoms with Gasteiger partial charge in [-0.2, -0.15) is 11.8 Å². The molecule has 3 nitrogen and oxygen atoms in total. The molecule has 1 N–H and O–H groups in total. The Morgan fingerprint density at radius 3 is 2.93 bits per heavy atom. The predicted molar refractivity (Wildman–Crippen MR) is 65.2 cm³/mol. The maximum absolute atomic E-state index is 4.21. The van der Waals surface area contributed by atoms with Gasteiger partial charge >= 0.3 is 0 Å². The van der Waals surface area contributed by atoms with Crippen LogP contribution in [-0.2, 0) is 0 Å². The lowest BCUT2D eigenvalue weighted by Crippen LogP contribution is -2.27. The van der Waals surface area contributed by atoms with Crippen molar-refractivity contribution in [1.82, 2.24) is 9.97 Å². The summed E-state index contributed by atoms with van der Waals surface area (Å²) in [6, 6.07) is 2.40. The predicted octanol–water partition coefficient (Wildman–Crippen LogP) is 2.56. The molecule has 0 bridgehead atoms. The minimum Gasteiger partial charge on any atom is -0.350 e. The number of aromatic nitrogens is 2. The molecule has 2 atom stereocenters. The molecule has 0 amide bonds. The third kappa shape index (κ3) is 2.84. The lowest BCUT2D eigenvalue weighted by Gasteiger charge is -2.19. The fourth-order valence-corrected chi connectivity index (χ4v) is 3.24. The summed E-state index contributed by atoms with van der Waals surface area (Å²) in [6.07, 6.45) is 7.46. The second kappa shape index (κ2) is 5.35. The van der Waals surface area contributed by atoms with Crippen LogP contribution in [0.25, 0.3) is 0 Å². The summed E-state index contributed by atoms with van der Waals surface area (Å²) < 4.78 is 0. The summed E-state index contributed by atoms with van der Waals surface area (Å²) in [7, 11) is 0. The first-order chi connectivity index (χ1) is 7.40. The summed E-state index contributed by atoms with van der Waals surface area (Å²) in [6.45, 7) is 2.22. The maximum atomic E-state index is 4.21. The Bertz CT molecular complexity index is 291. The van der Waals surface area contributed by atoms with E-state index in [4.69, 9.17) is 0 Å².